The number of methoxy groups -OCH3 is 1. The second-order valence-electron chi connectivity index (χ2n) is 6.57. The van der Waals surface area contributed by atoms with Crippen molar-refractivity contribution in [3.63, 3.8) is 0 Å². The van der Waals surface area contributed by atoms with Gasteiger partial charge >= 0.3 is 11.3 Å². The van der Waals surface area contributed by atoms with Gasteiger partial charge in [0, 0.05) is 23.3 Å². The first-order valence-electron chi connectivity index (χ1n) is 8.54. The molecule has 0 bridgehead atoms. The van der Waals surface area contributed by atoms with Crippen molar-refractivity contribution in [3.8, 4) is 11.5 Å². The number of fused-ring (bicyclic) bond motifs is 2. The molecule has 0 unspecified atom stereocenters. The molecule has 2 heterocycles. The van der Waals surface area contributed by atoms with E-state index >= 15 is 0 Å². The summed E-state index contributed by atoms with van der Waals surface area (Å²) >= 11 is 0. The number of phenols is 1. The number of ether oxygens (including phenoxy) is 2. The van der Waals surface area contributed by atoms with E-state index in [1.54, 1.807) is 37.3 Å². The molecule has 28 heavy (non-hydrogen) atoms. The Labute approximate surface area is 156 Å². The van der Waals surface area contributed by atoms with Crippen LogP contribution in [0.3, 0.4) is 0 Å². The Bertz CT molecular complexity index is 1510. The summed E-state index contributed by atoms with van der Waals surface area (Å²) in [5, 5.41) is 12.6. The van der Waals surface area contributed by atoms with Crippen LogP contribution < -0.4 is 16.0 Å². The summed E-state index contributed by atoms with van der Waals surface area (Å²) in [6.45, 7) is 1.74. The van der Waals surface area contributed by atoms with Crippen LogP contribution in [0, 0.1) is 6.92 Å². The summed E-state index contributed by atoms with van der Waals surface area (Å²) in [5.41, 5.74) is -0.166. The molecule has 7 nitrogen and oxygen atoms in total. The minimum atomic E-state index is -0.709. The second-order valence-corrected chi connectivity index (χ2v) is 6.57. The van der Waals surface area contributed by atoms with Crippen LogP contribution >= 0.6 is 0 Å². The average molecular weight is 378 g/mol. The van der Waals surface area contributed by atoms with E-state index in [-0.39, 0.29) is 29.1 Å². The molecule has 140 valence electrons. The standard InChI is InChI=1S/C21H14O7/c1-9-6-7-12-15-13(9)20(23)28-19-14-10(4-3-5-11(14)26-8-25-2)18(22)17(16(15)19)21(24)27-12/h3-7,22H,8H2,1-2H3. The minimum Gasteiger partial charge on any atom is -0.506 e. The Hall–Kier alpha value is -3.58. The number of phenolic OH excluding ortho intramolecular Hbond substituents is 1. The zero-order valence-corrected chi connectivity index (χ0v) is 15.0. The van der Waals surface area contributed by atoms with Gasteiger partial charge in [0.1, 0.15) is 22.5 Å². The highest BCUT2D eigenvalue weighted by atomic mass is 16.7. The maximum Gasteiger partial charge on any atom is 0.348 e. The van der Waals surface area contributed by atoms with E-state index in [0.717, 1.165) is 0 Å². The van der Waals surface area contributed by atoms with Crippen molar-refractivity contribution < 1.29 is 23.4 Å². The van der Waals surface area contributed by atoms with Crippen LogP contribution in [0.15, 0.2) is 48.8 Å². The maximum atomic E-state index is 12.8. The molecule has 2 aromatic heterocycles. The molecule has 0 aliphatic heterocycles. The number of hydrogen-bond acceptors (Lipinski definition) is 7. The number of hydrogen-bond donors (Lipinski definition) is 1. The van der Waals surface area contributed by atoms with Gasteiger partial charge in [0.15, 0.2) is 12.4 Å². The minimum absolute atomic E-state index is 0.0294. The SMILES string of the molecule is COCOc1cccc2c(O)c3c(=O)oc4ccc(C)c5c(=O)oc(c12)c3c45. The number of rotatable bonds is 3. The van der Waals surface area contributed by atoms with E-state index in [2.05, 4.69) is 0 Å². The van der Waals surface area contributed by atoms with Crippen molar-refractivity contribution >= 4 is 43.5 Å². The topological polar surface area (TPSA) is 99.1 Å². The molecule has 0 radical (unpaired) electrons. The largest absolute Gasteiger partial charge is 0.506 e. The molecule has 5 rings (SSSR count). The molecule has 0 atom stereocenters. The quantitative estimate of drug-likeness (QED) is 0.221. The van der Waals surface area contributed by atoms with E-state index in [9.17, 15) is 14.7 Å². The van der Waals surface area contributed by atoms with Gasteiger partial charge in [0.2, 0.25) is 0 Å². The lowest BCUT2D eigenvalue weighted by Gasteiger charge is -2.15. The van der Waals surface area contributed by atoms with Gasteiger partial charge in [-0.1, -0.05) is 18.2 Å². The fraction of sp³-hybridized carbons (Fsp3) is 0.143. The molecule has 0 aliphatic rings. The molecule has 7 heteroatoms. The zero-order chi connectivity index (χ0) is 19.6. The van der Waals surface area contributed by atoms with E-state index in [4.69, 9.17) is 18.3 Å². The number of aryl methyl sites for hydroxylation is 1. The molecule has 0 fully saturated rings. The van der Waals surface area contributed by atoms with Crippen molar-refractivity contribution in [2.24, 2.45) is 0 Å². The molecular weight excluding hydrogens is 364 g/mol. The normalized spacial score (nSPS) is 11.9. The lowest BCUT2D eigenvalue weighted by Crippen LogP contribution is -2.08. The summed E-state index contributed by atoms with van der Waals surface area (Å²) in [7, 11) is 1.48. The number of aromatic hydroxyl groups is 1. The van der Waals surface area contributed by atoms with Crippen LogP contribution in [0.1, 0.15) is 5.56 Å². The van der Waals surface area contributed by atoms with Crippen molar-refractivity contribution in [2.75, 3.05) is 13.9 Å². The number of benzene rings is 3. The molecule has 1 N–H and O–H groups in total. The predicted molar refractivity (Wildman–Crippen MR) is 104 cm³/mol. The van der Waals surface area contributed by atoms with Gasteiger partial charge in [-0.25, -0.2) is 9.59 Å². The first-order chi connectivity index (χ1) is 13.5. The molecule has 5 aromatic rings. The monoisotopic (exact) mass is 378 g/mol. The summed E-state index contributed by atoms with van der Waals surface area (Å²) in [4.78, 5) is 25.5. The van der Waals surface area contributed by atoms with Crippen molar-refractivity contribution in [1.82, 2.24) is 0 Å². The van der Waals surface area contributed by atoms with Crippen molar-refractivity contribution in [3.05, 3.63) is 56.7 Å². The van der Waals surface area contributed by atoms with Crippen molar-refractivity contribution in [1.29, 1.82) is 0 Å². The van der Waals surface area contributed by atoms with Crippen molar-refractivity contribution in [2.45, 2.75) is 6.92 Å². The highest BCUT2D eigenvalue weighted by Gasteiger charge is 2.25. The Kier molecular flexibility index (Phi) is 3.38. The Morgan fingerprint density at radius 1 is 0.929 bits per heavy atom. The maximum absolute atomic E-state index is 12.8. The van der Waals surface area contributed by atoms with Crippen LogP contribution in [0.4, 0.5) is 0 Å². The van der Waals surface area contributed by atoms with E-state index in [1.807, 2.05) is 0 Å². The third-order valence-corrected chi connectivity index (χ3v) is 4.99. The average Bonchev–Trinajstić information content (AvgIpc) is 2.68. The molecule has 0 aliphatic carbocycles. The van der Waals surface area contributed by atoms with Crippen LogP contribution in [0.25, 0.3) is 43.5 Å². The van der Waals surface area contributed by atoms with Gasteiger partial charge in [0.05, 0.1) is 10.8 Å². The second kappa shape index (κ2) is 5.71. The lowest BCUT2D eigenvalue weighted by molar-refractivity contribution is 0.0522. The van der Waals surface area contributed by atoms with E-state index < -0.39 is 11.3 Å². The predicted octanol–water partition coefficient (Wildman–Crippen LogP) is 3.64. The fourth-order valence-electron chi connectivity index (χ4n) is 3.81. The highest BCUT2D eigenvalue weighted by molar-refractivity contribution is 6.28. The van der Waals surface area contributed by atoms with E-state index in [1.165, 1.54) is 7.11 Å². The van der Waals surface area contributed by atoms with Crippen LogP contribution in [0.5, 0.6) is 11.5 Å². The molecule has 0 amide bonds. The lowest BCUT2D eigenvalue weighted by atomic mass is 9.96. The summed E-state index contributed by atoms with van der Waals surface area (Å²) in [5.74, 6) is 0.106. The third-order valence-electron chi connectivity index (χ3n) is 4.99. The Balaban J connectivity index is 2.17. The summed E-state index contributed by atoms with van der Waals surface area (Å²) in [6.07, 6.45) is 0. The van der Waals surface area contributed by atoms with Gasteiger partial charge in [0.25, 0.3) is 0 Å². The van der Waals surface area contributed by atoms with Gasteiger partial charge in [-0.3, -0.25) is 0 Å². The first-order valence-corrected chi connectivity index (χ1v) is 8.54. The van der Waals surface area contributed by atoms with Gasteiger partial charge in [-0.15, -0.1) is 0 Å². The summed E-state index contributed by atoms with van der Waals surface area (Å²) in [6, 6.07) is 8.27. The van der Waals surface area contributed by atoms with Gasteiger partial charge in [-0.05, 0) is 24.6 Å². The van der Waals surface area contributed by atoms with Crippen LogP contribution in [-0.4, -0.2) is 19.0 Å². The fourth-order valence-corrected chi connectivity index (χ4v) is 3.81. The molecule has 3 aromatic carbocycles. The van der Waals surface area contributed by atoms with E-state index in [0.29, 0.717) is 38.2 Å². The summed E-state index contributed by atoms with van der Waals surface area (Å²) < 4.78 is 21.6. The smallest absolute Gasteiger partial charge is 0.348 e. The molecule has 0 saturated carbocycles. The third kappa shape index (κ3) is 2.02. The van der Waals surface area contributed by atoms with Crippen LogP contribution in [-0.2, 0) is 4.74 Å². The zero-order valence-electron chi connectivity index (χ0n) is 15.0. The molecule has 0 saturated heterocycles. The Morgan fingerprint density at radius 2 is 1.71 bits per heavy atom. The Morgan fingerprint density at radius 3 is 2.50 bits per heavy atom. The first kappa shape index (κ1) is 16.6. The van der Waals surface area contributed by atoms with Crippen LogP contribution in [0.2, 0.25) is 0 Å². The molecular formula is C21H14O7. The van der Waals surface area contributed by atoms with Gasteiger partial charge < -0.3 is 23.4 Å². The molecule has 0 spiro atoms. The van der Waals surface area contributed by atoms with Gasteiger partial charge in [-0.2, -0.15) is 0 Å². The highest BCUT2D eigenvalue weighted by Crippen LogP contribution is 2.44.